The van der Waals surface area contributed by atoms with E-state index in [-0.39, 0.29) is 17.9 Å². The molecule has 0 aromatic rings. The van der Waals surface area contributed by atoms with E-state index in [1.807, 2.05) is 6.92 Å². The summed E-state index contributed by atoms with van der Waals surface area (Å²) in [4.78, 5) is 13.5. The van der Waals surface area contributed by atoms with Crippen LogP contribution >= 0.6 is 0 Å². The summed E-state index contributed by atoms with van der Waals surface area (Å²) in [7, 11) is 0. The van der Waals surface area contributed by atoms with Crippen molar-refractivity contribution in [3.8, 4) is 0 Å². The second kappa shape index (κ2) is 3.66. The highest BCUT2D eigenvalue weighted by Gasteiger charge is 2.40. The van der Waals surface area contributed by atoms with E-state index in [9.17, 15) is 9.90 Å². The molecule has 0 aromatic heterocycles. The van der Waals surface area contributed by atoms with E-state index < -0.39 is 6.10 Å². The highest BCUT2D eigenvalue weighted by molar-refractivity contribution is 5.81. The van der Waals surface area contributed by atoms with E-state index in [1.54, 1.807) is 11.8 Å². The van der Waals surface area contributed by atoms with Gasteiger partial charge < -0.3 is 10.0 Å². The van der Waals surface area contributed by atoms with E-state index in [1.165, 1.54) is 0 Å². The molecule has 1 aliphatic rings. The first-order valence-corrected chi connectivity index (χ1v) is 4.93. The summed E-state index contributed by atoms with van der Waals surface area (Å²) in [5.74, 6) is 0.681. The van der Waals surface area contributed by atoms with Crippen LogP contribution in [0.3, 0.4) is 0 Å². The predicted molar refractivity (Wildman–Crippen MR) is 51.2 cm³/mol. The molecule has 1 rings (SSSR count). The molecule has 13 heavy (non-hydrogen) atoms. The smallest absolute Gasteiger partial charge is 0.226 e. The SMILES string of the molecule is CC1C(=O)N(C[C@H](C)O)C(C)C1C. The van der Waals surface area contributed by atoms with E-state index in [4.69, 9.17) is 0 Å². The van der Waals surface area contributed by atoms with Gasteiger partial charge in [-0.3, -0.25) is 4.79 Å². The Morgan fingerprint density at radius 3 is 2.31 bits per heavy atom. The minimum absolute atomic E-state index is 0.105. The number of carbonyl (C=O) groups is 1. The van der Waals surface area contributed by atoms with Gasteiger partial charge in [0.2, 0.25) is 5.91 Å². The second-order valence-corrected chi connectivity index (χ2v) is 4.23. The molecular weight excluding hydrogens is 166 g/mol. The average Bonchev–Trinajstić information content (AvgIpc) is 2.22. The number of likely N-dealkylation sites (tertiary alicyclic amines) is 1. The van der Waals surface area contributed by atoms with Crippen LogP contribution < -0.4 is 0 Å². The van der Waals surface area contributed by atoms with Crippen molar-refractivity contribution in [2.45, 2.75) is 39.8 Å². The molecule has 1 aliphatic heterocycles. The van der Waals surface area contributed by atoms with Crippen molar-refractivity contribution in [1.29, 1.82) is 0 Å². The van der Waals surface area contributed by atoms with Gasteiger partial charge in [0.15, 0.2) is 0 Å². The van der Waals surface area contributed by atoms with Crippen molar-refractivity contribution in [2.75, 3.05) is 6.54 Å². The van der Waals surface area contributed by atoms with Gasteiger partial charge in [-0.1, -0.05) is 13.8 Å². The summed E-state index contributed by atoms with van der Waals surface area (Å²) in [6, 6.07) is 0.261. The van der Waals surface area contributed by atoms with Crippen LogP contribution in [-0.2, 0) is 4.79 Å². The van der Waals surface area contributed by atoms with Gasteiger partial charge in [0, 0.05) is 18.5 Å². The first kappa shape index (κ1) is 10.5. The molecule has 1 heterocycles. The van der Waals surface area contributed by atoms with Crippen LogP contribution in [-0.4, -0.2) is 34.6 Å². The predicted octanol–water partition coefficient (Wildman–Crippen LogP) is 0.870. The van der Waals surface area contributed by atoms with E-state index in [0.717, 1.165) is 0 Å². The molecule has 1 amide bonds. The van der Waals surface area contributed by atoms with E-state index >= 15 is 0 Å². The van der Waals surface area contributed by atoms with Crippen molar-refractivity contribution < 1.29 is 9.90 Å². The summed E-state index contributed by atoms with van der Waals surface area (Å²) < 4.78 is 0. The Bertz CT molecular complexity index is 203. The van der Waals surface area contributed by atoms with Gasteiger partial charge in [0.1, 0.15) is 0 Å². The number of aliphatic hydroxyl groups is 1. The highest BCUT2D eigenvalue weighted by atomic mass is 16.3. The number of amides is 1. The van der Waals surface area contributed by atoms with E-state index in [2.05, 4.69) is 13.8 Å². The lowest BCUT2D eigenvalue weighted by molar-refractivity contribution is -0.132. The van der Waals surface area contributed by atoms with Gasteiger partial charge in [0.25, 0.3) is 0 Å². The van der Waals surface area contributed by atoms with Gasteiger partial charge in [-0.05, 0) is 19.8 Å². The Morgan fingerprint density at radius 2 is 2.00 bits per heavy atom. The first-order valence-electron chi connectivity index (χ1n) is 4.93. The number of hydrogen-bond donors (Lipinski definition) is 1. The Kier molecular flexibility index (Phi) is 2.96. The zero-order valence-corrected chi connectivity index (χ0v) is 8.82. The lowest BCUT2D eigenvalue weighted by atomic mass is 9.95. The minimum atomic E-state index is -0.427. The summed E-state index contributed by atoms with van der Waals surface area (Å²) >= 11 is 0. The normalized spacial score (nSPS) is 36.8. The molecule has 0 saturated carbocycles. The molecule has 1 N–H and O–H groups in total. The Hall–Kier alpha value is -0.570. The van der Waals surface area contributed by atoms with Crippen molar-refractivity contribution in [3.63, 3.8) is 0 Å². The van der Waals surface area contributed by atoms with E-state index in [0.29, 0.717) is 12.5 Å². The molecule has 0 aliphatic carbocycles. The third-order valence-corrected chi connectivity index (χ3v) is 3.17. The molecule has 76 valence electrons. The van der Waals surface area contributed by atoms with Crippen molar-refractivity contribution in [3.05, 3.63) is 0 Å². The highest BCUT2D eigenvalue weighted by Crippen LogP contribution is 2.29. The van der Waals surface area contributed by atoms with Crippen LogP contribution in [0.25, 0.3) is 0 Å². The largest absolute Gasteiger partial charge is 0.392 e. The molecule has 3 unspecified atom stereocenters. The van der Waals surface area contributed by atoms with Crippen LogP contribution in [0, 0.1) is 11.8 Å². The average molecular weight is 185 g/mol. The van der Waals surface area contributed by atoms with Crippen LogP contribution in [0.2, 0.25) is 0 Å². The maximum atomic E-state index is 11.7. The molecule has 0 bridgehead atoms. The zero-order chi connectivity index (χ0) is 10.2. The molecule has 1 saturated heterocycles. The quantitative estimate of drug-likeness (QED) is 0.693. The number of β-amino-alcohol motifs (C(OH)–C–C–N with tert-alkyl or cyclic N) is 1. The molecule has 3 heteroatoms. The second-order valence-electron chi connectivity index (χ2n) is 4.23. The van der Waals surface area contributed by atoms with Gasteiger partial charge in [-0.15, -0.1) is 0 Å². The van der Waals surface area contributed by atoms with Gasteiger partial charge in [0.05, 0.1) is 6.10 Å². The first-order chi connectivity index (χ1) is 5.95. The molecule has 0 radical (unpaired) electrons. The minimum Gasteiger partial charge on any atom is -0.392 e. The number of rotatable bonds is 2. The van der Waals surface area contributed by atoms with Crippen LogP contribution in [0.1, 0.15) is 27.7 Å². The fraction of sp³-hybridized carbons (Fsp3) is 0.900. The fourth-order valence-corrected chi connectivity index (χ4v) is 1.93. The number of hydrogen-bond acceptors (Lipinski definition) is 2. The van der Waals surface area contributed by atoms with Crippen molar-refractivity contribution in [2.24, 2.45) is 11.8 Å². The lowest BCUT2D eigenvalue weighted by Crippen LogP contribution is -2.38. The third kappa shape index (κ3) is 1.85. The Balaban J connectivity index is 2.70. The van der Waals surface area contributed by atoms with Crippen molar-refractivity contribution >= 4 is 5.91 Å². The summed E-state index contributed by atoms with van der Waals surface area (Å²) in [6.07, 6.45) is -0.427. The number of carbonyl (C=O) groups excluding carboxylic acids is 1. The van der Waals surface area contributed by atoms with Crippen LogP contribution in [0.5, 0.6) is 0 Å². The number of nitrogens with zero attached hydrogens (tertiary/aromatic N) is 1. The third-order valence-electron chi connectivity index (χ3n) is 3.17. The summed E-state index contributed by atoms with van der Waals surface area (Å²) in [5.41, 5.74) is 0. The summed E-state index contributed by atoms with van der Waals surface area (Å²) in [6.45, 7) is 8.29. The van der Waals surface area contributed by atoms with Crippen molar-refractivity contribution in [1.82, 2.24) is 4.90 Å². The van der Waals surface area contributed by atoms with Crippen LogP contribution in [0.4, 0.5) is 0 Å². The monoisotopic (exact) mass is 185 g/mol. The molecule has 3 nitrogen and oxygen atoms in total. The topological polar surface area (TPSA) is 40.5 Å². The standard InChI is InChI=1S/C10H19NO2/c1-6(12)5-11-9(4)7(2)8(3)10(11)13/h6-9,12H,5H2,1-4H3/t6-,7?,8?,9?/m0/s1. The molecule has 1 fully saturated rings. The van der Waals surface area contributed by atoms with Gasteiger partial charge in [-0.2, -0.15) is 0 Å². The molecule has 0 spiro atoms. The molecular formula is C10H19NO2. The number of aliphatic hydroxyl groups excluding tert-OH is 1. The maximum Gasteiger partial charge on any atom is 0.226 e. The maximum absolute atomic E-state index is 11.7. The lowest BCUT2D eigenvalue weighted by Gasteiger charge is -2.24. The molecule has 4 atom stereocenters. The van der Waals surface area contributed by atoms with Crippen LogP contribution in [0.15, 0.2) is 0 Å². The Morgan fingerprint density at radius 1 is 1.46 bits per heavy atom. The zero-order valence-electron chi connectivity index (χ0n) is 8.82. The molecule has 0 aromatic carbocycles. The van der Waals surface area contributed by atoms with Gasteiger partial charge in [-0.25, -0.2) is 0 Å². The van der Waals surface area contributed by atoms with Gasteiger partial charge >= 0.3 is 0 Å². The Labute approximate surface area is 79.7 Å². The summed E-state index contributed by atoms with van der Waals surface area (Å²) in [5, 5.41) is 9.23. The fourth-order valence-electron chi connectivity index (χ4n) is 1.93.